The van der Waals surface area contributed by atoms with Crippen molar-refractivity contribution in [3.05, 3.63) is 90.0 Å². The van der Waals surface area contributed by atoms with Crippen molar-refractivity contribution in [2.24, 2.45) is 0 Å². The molecule has 250 valence electrons. The maximum absolute atomic E-state index is 3.80. The number of imidazole rings is 1. The van der Waals surface area contributed by atoms with Crippen molar-refractivity contribution in [1.82, 2.24) is 4.98 Å². The summed E-state index contributed by atoms with van der Waals surface area (Å²) in [5.41, 5.74) is 2.90. The highest BCUT2D eigenvalue weighted by atomic mass is 15.1. The number of aromatic amines is 1. The van der Waals surface area contributed by atoms with Crippen molar-refractivity contribution in [2.45, 2.75) is 180 Å². The van der Waals surface area contributed by atoms with Crippen LogP contribution in [0.1, 0.15) is 178 Å². The first kappa shape index (κ1) is 37.1. The van der Waals surface area contributed by atoms with E-state index in [4.69, 9.17) is 0 Å². The van der Waals surface area contributed by atoms with E-state index >= 15 is 0 Å². The van der Waals surface area contributed by atoms with Crippen LogP contribution < -0.4 is 4.57 Å². The second kappa shape index (κ2) is 23.0. The van der Waals surface area contributed by atoms with Gasteiger partial charge in [-0.1, -0.05) is 197 Å². The Morgan fingerprint density at radius 2 is 1.04 bits per heavy atom. The molecule has 1 N–H and O–H groups in total. The summed E-state index contributed by atoms with van der Waals surface area (Å²) >= 11 is 0. The highest BCUT2D eigenvalue weighted by Gasteiger charge is 2.41. The van der Waals surface area contributed by atoms with Gasteiger partial charge in [0.05, 0.1) is 12.5 Å². The quantitative estimate of drug-likeness (QED) is 0.0652. The van der Waals surface area contributed by atoms with E-state index in [0.717, 1.165) is 13.0 Å². The van der Waals surface area contributed by atoms with E-state index in [1.54, 1.807) is 0 Å². The van der Waals surface area contributed by atoms with Crippen LogP contribution in [0.15, 0.2) is 73.1 Å². The molecule has 3 aromatic rings. The van der Waals surface area contributed by atoms with Crippen LogP contribution in [0.2, 0.25) is 0 Å². The Hall–Kier alpha value is -2.35. The van der Waals surface area contributed by atoms with E-state index < -0.39 is 0 Å². The first-order valence-corrected chi connectivity index (χ1v) is 19.3. The van der Waals surface area contributed by atoms with E-state index in [0.29, 0.717) is 5.92 Å². The van der Waals surface area contributed by atoms with Crippen molar-refractivity contribution in [1.29, 1.82) is 0 Å². The van der Waals surface area contributed by atoms with Gasteiger partial charge in [-0.05, 0) is 36.8 Å². The van der Waals surface area contributed by atoms with Gasteiger partial charge in [-0.25, -0.2) is 9.55 Å². The van der Waals surface area contributed by atoms with Gasteiger partial charge in [0, 0.05) is 5.41 Å². The Balaban J connectivity index is 1.61. The van der Waals surface area contributed by atoms with Gasteiger partial charge >= 0.3 is 0 Å². The van der Waals surface area contributed by atoms with Crippen molar-refractivity contribution in [2.75, 3.05) is 0 Å². The molecule has 1 aromatic heterocycles. The van der Waals surface area contributed by atoms with Crippen LogP contribution in [0, 0.1) is 0 Å². The topological polar surface area (TPSA) is 19.7 Å². The number of hydrogen-bond donors (Lipinski definition) is 1. The first-order chi connectivity index (χ1) is 22.2. The molecule has 2 nitrogen and oxygen atoms in total. The minimum Gasteiger partial charge on any atom is -0.247 e. The second-order valence-electron chi connectivity index (χ2n) is 14.2. The number of nitrogens with zero attached hydrogens (tertiary/aromatic N) is 1. The predicted octanol–water partition coefficient (Wildman–Crippen LogP) is 12.8. The summed E-state index contributed by atoms with van der Waals surface area (Å²) in [6.07, 6.45) is 34.6. The molecule has 0 fully saturated rings. The molecule has 2 heteroatoms. The zero-order valence-electron chi connectivity index (χ0n) is 29.7. The lowest BCUT2D eigenvalue weighted by atomic mass is 9.66. The average molecular weight is 614 g/mol. The number of hydrogen-bond acceptors (Lipinski definition) is 0. The van der Waals surface area contributed by atoms with Gasteiger partial charge in [0.1, 0.15) is 12.4 Å². The molecule has 1 heterocycles. The lowest BCUT2D eigenvalue weighted by Gasteiger charge is -2.37. The molecule has 0 saturated heterocycles. The fourth-order valence-corrected chi connectivity index (χ4v) is 7.50. The molecule has 2 atom stereocenters. The van der Waals surface area contributed by atoms with Crippen LogP contribution in [0.25, 0.3) is 0 Å². The molecular weight excluding hydrogens is 544 g/mol. The number of H-pyrrole nitrogens is 1. The molecule has 2 aromatic carbocycles. The Bertz CT molecular complexity index is 1090. The van der Waals surface area contributed by atoms with Crippen molar-refractivity contribution < 1.29 is 4.57 Å². The molecule has 0 bridgehead atoms. The Morgan fingerprint density at radius 3 is 1.58 bits per heavy atom. The van der Waals surface area contributed by atoms with Crippen LogP contribution in [0.5, 0.6) is 0 Å². The third-order valence-electron chi connectivity index (χ3n) is 10.3. The van der Waals surface area contributed by atoms with Crippen LogP contribution in [-0.2, 0) is 18.4 Å². The third-order valence-corrected chi connectivity index (χ3v) is 10.3. The second-order valence-corrected chi connectivity index (χ2v) is 14.2. The maximum Gasteiger partial charge on any atom is 0.258 e. The lowest BCUT2D eigenvalue weighted by Crippen LogP contribution is -2.43. The molecule has 45 heavy (non-hydrogen) atoms. The number of aryl methyl sites for hydroxylation is 1. The SMILES string of the molecule is CCCCCCCCCCCCCCC[n+]1cc[nH]c1C(CCCCCCCCC)C(C)(Cc1ccccc1)c1ccccc1. The van der Waals surface area contributed by atoms with Crippen LogP contribution in [0.4, 0.5) is 0 Å². The standard InChI is InChI=1S/C43H68N2/c1-4-6-8-10-12-13-14-15-16-17-19-21-29-36-45-37-35-44-42(45)41(34-28-20-18-11-9-7-5-2)43(3,40-32-26-23-27-33-40)38-39-30-24-22-25-31-39/h22-27,30-33,35,37,41H,4-21,28-29,34,36,38H2,1-3H3/p+1. The molecule has 2 unspecified atom stereocenters. The molecule has 0 radical (unpaired) electrons. The van der Waals surface area contributed by atoms with Gasteiger partial charge in [-0.3, -0.25) is 0 Å². The van der Waals surface area contributed by atoms with Gasteiger partial charge in [0.15, 0.2) is 0 Å². The molecule has 0 aliphatic rings. The maximum atomic E-state index is 3.80. The van der Waals surface area contributed by atoms with Gasteiger partial charge in [-0.2, -0.15) is 0 Å². The fourth-order valence-electron chi connectivity index (χ4n) is 7.50. The van der Waals surface area contributed by atoms with E-state index in [-0.39, 0.29) is 5.41 Å². The molecule has 0 aliphatic carbocycles. The lowest BCUT2D eigenvalue weighted by molar-refractivity contribution is -0.705. The molecule has 0 aliphatic heterocycles. The van der Waals surface area contributed by atoms with Crippen molar-refractivity contribution in [3.63, 3.8) is 0 Å². The number of benzene rings is 2. The number of unbranched alkanes of at least 4 members (excludes halogenated alkanes) is 18. The summed E-state index contributed by atoms with van der Waals surface area (Å²) in [6, 6.07) is 22.6. The van der Waals surface area contributed by atoms with Gasteiger partial charge in [-0.15, -0.1) is 0 Å². The Labute approximate surface area is 278 Å². The van der Waals surface area contributed by atoms with Gasteiger partial charge in [0.25, 0.3) is 5.82 Å². The molecule has 0 saturated carbocycles. The molecular formula is C43H69N2+. The van der Waals surface area contributed by atoms with Gasteiger partial charge < -0.3 is 0 Å². The number of nitrogens with one attached hydrogen (secondary N) is 1. The van der Waals surface area contributed by atoms with Crippen molar-refractivity contribution in [3.8, 4) is 0 Å². The van der Waals surface area contributed by atoms with E-state index in [1.165, 1.54) is 152 Å². The van der Waals surface area contributed by atoms with Crippen LogP contribution in [0.3, 0.4) is 0 Å². The van der Waals surface area contributed by atoms with Crippen LogP contribution in [-0.4, -0.2) is 4.98 Å². The Kier molecular flexibility index (Phi) is 19.0. The van der Waals surface area contributed by atoms with E-state index in [2.05, 4.69) is 103 Å². The fraction of sp³-hybridized carbons (Fsp3) is 0.651. The highest BCUT2D eigenvalue weighted by Crippen LogP contribution is 2.43. The highest BCUT2D eigenvalue weighted by molar-refractivity contribution is 5.32. The summed E-state index contributed by atoms with van der Waals surface area (Å²) in [7, 11) is 0. The summed E-state index contributed by atoms with van der Waals surface area (Å²) in [5, 5.41) is 0. The molecule has 0 amide bonds. The minimum absolute atomic E-state index is 0.00737. The average Bonchev–Trinajstić information content (AvgIpc) is 3.53. The summed E-state index contributed by atoms with van der Waals surface area (Å²) < 4.78 is 2.58. The van der Waals surface area contributed by atoms with E-state index in [1.807, 2.05) is 0 Å². The zero-order chi connectivity index (χ0) is 31.8. The van der Waals surface area contributed by atoms with Crippen molar-refractivity contribution >= 4 is 0 Å². The summed E-state index contributed by atoms with van der Waals surface area (Å²) in [6.45, 7) is 8.28. The van der Waals surface area contributed by atoms with E-state index in [9.17, 15) is 0 Å². The van der Waals surface area contributed by atoms with Gasteiger partial charge in [0.2, 0.25) is 0 Å². The largest absolute Gasteiger partial charge is 0.258 e. The summed E-state index contributed by atoms with van der Waals surface area (Å²) in [4.78, 5) is 3.80. The first-order valence-electron chi connectivity index (χ1n) is 19.3. The zero-order valence-corrected chi connectivity index (χ0v) is 29.7. The monoisotopic (exact) mass is 614 g/mol. The normalized spacial score (nSPS) is 13.6. The molecule has 3 rings (SSSR count). The van der Waals surface area contributed by atoms with Crippen LogP contribution >= 0.6 is 0 Å². The molecule has 0 spiro atoms. The summed E-state index contributed by atoms with van der Waals surface area (Å²) in [5.74, 6) is 1.87. The minimum atomic E-state index is 0.00737. The number of rotatable bonds is 27. The predicted molar refractivity (Wildman–Crippen MR) is 196 cm³/mol. The smallest absolute Gasteiger partial charge is 0.247 e. The third kappa shape index (κ3) is 13.9. The number of aromatic nitrogens is 2. The Morgan fingerprint density at radius 1 is 0.578 bits per heavy atom.